The summed E-state index contributed by atoms with van der Waals surface area (Å²) >= 11 is 0. The Bertz CT molecular complexity index is 2840. The van der Waals surface area contributed by atoms with Crippen LogP contribution in [0.4, 0.5) is 4.39 Å². The lowest BCUT2D eigenvalue weighted by Gasteiger charge is -2.31. The highest BCUT2D eigenvalue weighted by Crippen LogP contribution is 2.46. The van der Waals surface area contributed by atoms with Crippen molar-refractivity contribution in [2.24, 2.45) is 0 Å². The average Bonchev–Trinajstić information content (AvgIpc) is 3.86. The summed E-state index contributed by atoms with van der Waals surface area (Å²) in [7, 11) is 0. The molecule has 370 valence electrons. The van der Waals surface area contributed by atoms with E-state index in [4.69, 9.17) is 9.72 Å². The normalized spacial score (nSPS) is 17.9. The predicted octanol–water partition coefficient (Wildman–Crippen LogP) is 1.01. The third-order valence-corrected chi connectivity index (χ3v) is 13.2. The largest absolute Gasteiger partial charge is 0.481 e. The first kappa shape index (κ1) is 50.4. The molecule has 3 aromatic rings. The maximum Gasteiger partial charge on any atom is 0.343 e. The quantitative estimate of drug-likeness (QED) is 0.0364. The first-order chi connectivity index (χ1) is 33.3. The Balaban J connectivity index is 0.875. The highest BCUT2D eigenvalue weighted by Gasteiger charge is 2.46. The van der Waals surface area contributed by atoms with Crippen LogP contribution in [0.3, 0.4) is 0 Å². The van der Waals surface area contributed by atoms with Gasteiger partial charge in [0.25, 0.3) is 17.4 Å². The Hall–Kier alpha value is -7.49. The number of carbonyl (C=O) groups is 10. The summed E-state index contributed by atoms with van der Waals surface area (Å²) in [6, 6.07) is 0.773. The molecule has 4 aliphatic rings. The fourth-order valence-corrected chi connectivity index (χ4v) is 9.32. The van der Waals surface area contributed by atoms with Crippen LogP contribution in [0.15, 0.2) is 29.1 Å². The molecule has 0 saturated carbocycles. The minimum Gasteiger partial charge on any atom is -0.481 e. The van der Waals surface area contributed by atoms with Gasteiger partial charge in [-0.2, -0.15) is 0 Å². The minimum atomic E-state index is -2.06. The second-order valence-electron chi connectivity index (χ2n) is 17.7. The lowest BCUT2D eigenvalue weighted by atomic mass is 9.81. The van der Waals surface area contributed by atoms with Gasteiger partial charge in [0, 0.05) is 73.4 Å². The van der Waals surface area contributed by atoms with E-state index in [9.17, 15) is 63.0 Å². The van der Waals surface area contributed by atoms with Crippen molar-refractivity contribution < 1.29 is 67.3 Å². The molecule has 70 heavy (non-hydrogen) atoms. The molecule has 1 aromatic carbocycles. The summed E-state index contributed by atoms with van der Waals surface area (Å²) in [6.45, 7) is 2.18. The van der Waals surface area contributed by atoms with Gasteiger partial charge in [0.15, 0.2) is 17.2 Å². The number of halogens is 1. The minimum absolute atomic E-state index is 0.0323. The van der Waals surface area contributed by atoms with Crippen LogP contribution in [0.1, 0.15) is 117 Å². The van der Waals surface area contributed by atoms with E-state index in [1.54, 1.807) is 19.9 Å². The van der Waals surface area contributed by atoms with Gasteiger partial charge >= 0.3 is 11.9 Å². The van der Waals surface area contributed by atoms with Gasteiger partial charge in [-0.15, -0.1) is 0 Å². The third-order valence-electron chi connectivity index (χ3n) is 13.2. The fourth-order valence-electron chi connectivity index (χ4n) is 9.32. The average molecular weight is 970 g/mol. The molecule has 0 fully saturated rings. The van der Waals surface area contributed by atoms with Gasteiger partial charge in [-0.3, -0.25) is 52.8 Å². The number of benzene rings is 1. The Morgan fingerprint density at radius 2 is 1.57 bits per heavy atom. The molecule has 21 nitrogen and oxygen atoms in total. The highest BCUT2D eigenvalue weighted by atomic mass is 19.1. The summed E-state index contributed by atoms with van der Waals surface area (Å²) in [5.41, 5.74) is 0.955. The number of rotatable bonds is 22. The standard InChI is InChI=1S/C48H52FN7O14/c1-3-48(69)29-17-34-45-27(22-56(34)46(67)28(29)23-70-47(48)68)44-31(10-9-26-24(2)30(49)18-33(54-45)43(26)44)52-39(62)21-51-36(59)12-8-25(57)20-50-37(60)13-11-35(58)32(19-42(65)66)53-38(61)7-5-4-6-16-55-40(63)14-15-41(55)64/h14-15,17-18,31-32,69H,3-13,16,19-23H2,1-2H3,(H,50,60)(H,51,59)(H,52,62)(H,53,61)(H,65,66)/t31?,32-,48-/m0/s1. The van der Waals surface area contributed by atoms with Gasteiger partial charge in [-0.1, -0.05) is 13.3 Å². The van der Waals surface area contributed by atoms with Crippen LogP contribution in [0.25, 0.3) is 22.3 Å². The number of hydrogen-bond donors (Lipinski definition) is 6. The topological polar surface area (TPSA) is 307 Å². The SMILES string of the molecule is CC[C@@]1(O)C(=O)OCc2c1cc1n(c2=O)Cc2c-1nc1cc(F)c(C)c3c1c2C(NC(=O)CNC(=O)CCC(=O)CNC(=O)CCC(=O)[C@H](CC(=O)O)NC(=O)CCCCCN1C(=O)C=CC1=O)CC3. The number of esters is 1. The summed E-state index contributed by atoms with van der Waals surface area (Å²) in [4.78, 5) is 144. The van der Waals surface area contributed by atoms with Gasteiger partial charge in [-0.05, 0) is 61.8 Å². The Kier molecular flexibility index (Phi) is 15.1. The summed E-state index contributed by atoms with van der Waals surface area (Å²) < 4.78 is 21.9. The molecular formula is C48H52FN7O14. The van der Waals surface area contributed by atoms with E-state index < -0.39 is 120 Å². The van der Waals surface area contributed by atoms with E-state index in [2.05, 4.69) is 21.3 Å². The second-order valence-corrected chi connectivity index (χ2v) is 17.7. The molecule has 7 rings (SSSR count). The number of fused-ring (bicyclic) bond motifs is 5. The van der Waals surface area contributed by atoms with Crippen molar-refractivity contribution in [3.05, 3.63) is 73.8 Å². The zero-order valence-electron chi connectivity index (χ0n) is 38.5. The second kappa shape index (κ2) is 21.0. The molecule has 3 atom stereocenters. The van der Waals surface area contributed by atoms with Crippen LogP contribution >= 0.6 is 0 Å². The summed E-state index contributed by atoms with van der Waals surface area (Å²) in [6.07, 6.45) is 2.01. The van der Waals surface area contributed by atoms with E-state index in [1.807, 2.05) is 0 Å². The smallest absolute Gasteiger partial charge is 0.343 e. The number of pyridine rings is 2. The lowest BCUT2D eigenvalue weighted by molar-refractivity contribution is -0.172. The first-order valence-electron chi connectivity index (χ1n) is 23.0. The van der Waals surface area contributed by atoms with E-state index in [0.717, 1.165) is 4.90 Å². The Morgan fingerprint density at radius 3 is 2.27 bits per heavy atom. The molecule has 0 bridgehead atoms. The van der Waals surface area contributed by atoms with Gasteiger partial charge in [0.05, 0.1) is 60.6 Å². The molecule has 0 spiro atoms. The van der Waals surface area contributed by atoms with Gasteiger partial charge in [0.2, 0.25) is 23.6 Å². The molecule has 0 radical (unpaired) electrons. The van der Waals surface area contributed by atoms with E-state index in [-0.39, 0.29) is 62.0 Å². The van der Waals surface area contributed by atoms with Crippen molar-refractivity contribution >= 4 is 69.9 Å². The number of carboxylic acids is 1. The van der Waals surface area contributed by atoms with Crippen LogP contribution < -0.4 is 26.8 Å². The number of imide groups is 1. The summed E-state index contributed by atoms with van der Waals surface area (Å²) in [5.74, 6) is -7.31. The predicted molar refractivity (Wildman–Crippen MR) is 241 cm³/mol. The van der Waals surface area contributed by atoms with Gasteiger partial charge in [0.1, 0.15) is 12.4 Å². The Labute approximate surface area is 398 Å². The number of unbranched alkanes of at least 4 members (excludes halogenated alkanes) is 2. The Morgan fingerprint density at radius 1 is 0.871 bits per heavy atom. The molecular weight excluding hydrogens is 918 g/mol. The number of ketones is 2. The van der Waals surface area contributed by atoms with Crippen molar-refractivity contribution in [2.75, 3.05) is 19.6 Å². The zero-order chi connectivity index (χ0) is 50.6. The monoisotopic (exact) mass is 969 g/mol. The van der Waals surface area contributed by atoms with Crippen molar-refractivity contribution in [3.63, 3.8) is 0 Å². The number of ether oxygens (including phenoxy) is 1. The molecule has 2 aromatic heterocycles. The van der Waals surface area contributed by atoms with Gasteiger partial charge < -0.3 is 40.8 Å². The number of amides is 6. The number of nitrogens with one attached hydrogen (secondary N) is 4. The molecule has 6 amide bonds. The van der Waals surface area contributed by atoms with Crippen molar-refractivity contribution in [2.45, 2.75) is 122 Å². The number of cyclic esters (lactones) is 1. The number of aryl methyl sites for hydroxylation is 1. The maximum atomic E-state index is 15.3. The van der Waals surface area contributed by atoms with E-state index >= 15 is 4.39 Å². The van der Waals surface area contributed by atoms with Crippen LogP contribution in [-0.4, -0.2) is 109 Å². The maximum absolute atomic E-state index is 15.3. The first-order valence-corrected chi connectivity index (χ1v) is 23.0. The number of aromatic nitrogens is 2. The number of Topliss-reactive ketones (excluding diaryl/α,β-unsaturated/α-hetero) is 2. The van der Waals surface area contributed by atoms with Crippen molar-refractivity contribution in [1.82, 2.24) is 35.7 Å². The molecule has 6 N–H and O–H groups in total. The van der Waals surface area contributed by atoms with E-state index in [0.29, 0.717) is 71.1 Å². The summed E-state index contributed by atoms with van der Waals surface area (Å²) in [5, 5.41) is 31.4. The van der Waals surface area contributed by atoms with Crippen molar-refractivity contribution in [1.29, 1.82) is 0 Å². The number of aliphatic hydroxyl groups is 1. The number of carboxylic acid groups (broad SMARTS) is 1. The van der Waals surface area contributed by atoms with Gasteiger partial charge in [-0.25, -0.2) is 14.2 Å². The molecule has 3 aliphatic heterocycles. The van der Waals surface area contributed by atoms with Crippen LogP contribution in [0.5, 0.6) is 0 Å². The van der Waals surface area contributed by atoms with Crippen molar-refractivity contribution in [3.8, 4) is 11.4 Å². The number of hydrogen-bond acceptors (Lipinski definition) is 14. The molecule has 1 unspecified atom stereocenters. The number of carbonyl (C=O) groups excluding carboxylic acids is 9. The van der Waals surface area contributed by atoms with Crippen LogP contribution in [0, 0.1) is 12.7 Å². The highest BCUT2D eigenvalue weighted by molar-refractivity contribution is 6.12. The number of nitrogens with zero attached hydrogens (tertiary/aromatic N) is 3. The molecule has 22 heteroatoms. The lowest BCUT2D eigenvalue weighted by Crippen LogP contribution is -2.44. The third kappa shape index (κ3) is 10.6. The fraction of sp³-hybridized carbons (Fsp3) is 0.458. The van der Waals surface area contributed by atoms with Crippen LogP contribution in [-0.2, 0) is 77.9 Å². The van der Waals surface area contributed by atoms with E-state index in [1.165, 1.54) is 22.8 Å². The molecule has 5 heterocycles. The number of aliphatic carboxylic acids is 1. The molecule has 1 aliphatic carbocycles. The zero-order valence-corrected chi connectivity index (χ0v) is 38.5. The van der Waals surface area contributed by atoms with Crippen LogP contribution in [0.2, 0.25) is 0 Å². The molecule has 0 saturated heterocycles.